The average Bonchev–Trinajstić information content (AvgIpc) is 2.92. The molecule has 1 fully saturated rings. The summed E-state index contributed by atoms with van der Waals surface area (Å²) in [5, 5.41) is 19.2. The number of amides is 2. The number of nitrogens with zero attached hydrogens (tertiary/aromatic N) is 2. The summed E-state index contributed by atoms with van der Waals surface area (Å²) in [6.07, 6.45) is 9.74. The van der Waals surface area contributed by atoms with E-state index >= 15 is 0 Å². The van der Waals surface area contributed by atoms with Crippen molar-refractivity contribution in [3.63, 3.8) is 0 Å². The van der Waals surface area contributed by atoms with Gasteiger partial charge in [-0.05, 0) is 20.8 Å². The molecule has 2 unspecified atom stereocenters. The van der Waals surface area contributed by atoms with Crippen molar-refractivity contribution in [3.8, 4) is 24.7 Å². The summed E-state index contributed by atoms with van der Waals surface area (Å²) >= 11 is 0. The van der Waals surface area contributed by atoms with Crippen LogP contribution in [0.4, 0.5) is 4.79 Å². The van der Waals surface area contributed by atoms with Crippen LogP contribution in [0.1, 0.15) is 33.6 Å². The van der Waals surface area contributed by atoms with Crippen LogP contribution in [0.15, 0.2) is 0 Å². The molecule has 29 heavy (non-hydrogen) atoms. The van der Waals surface area contributed by atoms with Gasteiger partial charge in [-0.2, -0.15) is 0 Å². The molecule has 162 valence electrons. The van der Waals surface area contributed by atoms with Gasteiger partial charge in [-0.25, -0.2) is 9.59 Å². The summed E-state index contributed by atoms with van der Waals surface area (Å²) in [6, 6.07) is 0. The minimum atomic E-state index is -2.04. The first-order valence-corrected chi connectivity index (χ1v) is 8.84. The largest absolute Gasteiger partial charge is 0.466 e. The molecule has 0 aromatic heterocycles. The van der Waals surface area contributed by atoms with E-state index in [0.717, 1.165) is 7.11 Å². The van der Waals surface area contributed by atoms with E-state index in [9.17, 15) is 24.6 Å². The molecule has 1 aliphatic rings. The number of esters is 1. The molecule has 1 saturated heterocycles. The fourth-order valence-electron chi connectivity index (χ4n) is 2.15. The van der Waals surface area contributed by atoms with Crippen LogP contribution < -0.4 is 0 Å². The summed E-state index contributed by atoms with van der Waals surface area (Å²) in [5.41, 5.74) is -4.17. The molecule has 0 radical (unpaired) electrons. The highest BCUT2D eigenvalue weighted by Crippen LogP contribution is 2.19. The van der Waals surface area contributed by atoms with E-state index in [1.165, 1.54) is 16.8 Å². The second kappa shape index (κ2) is 10.1. The molecule has 2 N–H and O–H groups in total. The fourth-order valence-corrected chi connectivity index (χ4v) is 2.15. The molecule has 9 nitrogen and oxygen atoms in total. The fraction of sp³-hybridized carbons (Fsp3) is 0.650. The number of ether oxygens (including phenoxy) is 2. The number of hydrogen-bond donors (Lipinski definition) is 2. The molecule has 0 aliphatic carbocycles. The van der Waals surface area contributed by atoms with Crippen molar-refractivity contribution >= 4 is 18.0 Å². The van der Waals surface area contributed by atoms with Crippen molar-refractivity contribution in [3.05, 3.63) is 0 Å². The predicted octanol–water partition coefficient (Wildman–Crippen LogP) is -0.00650. The summed E-state index contributed by atoms with van der Waals surface area (Å²) in [4.78, 5) is 36.6. The van der Waals surface area contributed by atoms with Crippen molar-refractivity contribution in [1.82, 2.24) is 9.80 Å². The van der Waals surface area contributed by atoms with Gasteiger partial charge in [-0.15, -0.1) is 12.8 Å². The smallest absolute Gasteiger partial charge is 0.410 e. The van der Waals surface area contributed by atoms with Crippen LogP contribution in [0.25, 0.3) is 0 Å². The molecule has 0 saturated carbocycles. The standard InChI is InChI=1S/C13H21NO5.C7H9NO2/c1-7-13(17,10(15)18-6)8-9-14(5)11(16)19-12(2,3)4;1-3-7(10)4-5-8(2)6(7)9/h1,17H,8-9H2,2-6H3;1,10H,4-5H2,2H3. The molecule has 0 aromatic rings. The molecule has 9 heteroatoms. The average molecular weight is 410 g/mol. The first-order chi connectivity index (χ1) is 13.2. The van der Waals surface area contributed by atoms with Crippen LogP contribution in [-0.4, -0.2) is 89.1 Å². The number of rotatable bonds is 4. The lowest BCUT2D eigenvalue weighted by Gasteiger charge is -2.26. The molecule has 2 atom stereocenters. The molecule has 0 aromatic carbocycles. The normalized spacial score (nSPS) is 20.3. The van der Waals surface area contributed by atoms with E-state index in [1.807, 2.05) is 5.92 Å². The van der Waals surface area contributed by atoms with Gasteiger partial charge in [0.15, 0.2) is 0 Å². The van der Waals surface area contributed by atoms with Crippen LogP contribution in [0.2, 0.25) is 0 Å². The third kappa shape index (κ3) is 7.65. The Morgan fingerprint density at radius 2 is 1.90 bits per heavy atom. The van der Waals surface area contributed by atoms with Gasteiger partial charge in [0, 0.05) is 40.0 Å². The van der Waals surface area contributed by atoms with Crippen LogP contribution >= 0.6 is 0 Å². The van der Waals surface area contributed by atoms with E-state index in [2.05, 4.69) is 10.7 Å². The monoisotopic (exact) mass is 410 g/mol. The Bertz CT molecular complexity index is 701. The second-order valence-electron chi connectivity index (χ2n) is 7.63. The van der Waals surface area contributed by atoms with Crippen molar-refractivity contribution in [2.75, 3.05) is 34.3 Å². The molecular formula is C20H30N2O7. The SMILES string of the molecule is C#CC(O)(CCN(C)C(=O)OC(C)(C)C)C(=O)OC.C#CC1(O)CCN(C)C1=O. The predicted molar refractivity (Wildman–Crippen MR) is 105 cm³/mol. The second-order valence-corrected chi connectivity index (χ2v) is 7.63. The Morgan fingerprint density at radius 1 is 1.34 bits per heavy atom. The van der Waals surface area contributed by atoms with Crippen LogP contribution in [0.5, 0.6) is 0 Å². The Morgan fingerprint density at radius 3 is 2.21 bits per heavy atom. The Labute approximate surface area is 171 Å². The van der Waals surface area contributed by atoms with Crippen molar-refractivity contribution < 1.29 is 34.1 Å². The lowest BCUT2D eigenvalue weighted by molar-refractivity contribution is -0.157. The zero-order valence-electron chi connectivity index (χ0n) is 17.8. The summed E-state index contributed by atoms with van der Waals surface area (Å²) in [7, 11) is 4.24. The van der Waals surface area contributed by atoms with Gasteiger partial charge in [-0.3, -0.25) is 4.79 Å². The number of likely N-dealkylation sites (tertiary alicyclic amines) is 1. The zero-order chi connectivity index (χ0) is 23.0. The third-order valence-corrected chi connectivity index (χ3v) is 4.02. The van der Waals surface area contributed by atoms with Gasteiger partial charge >= 0.3 is 12.1 Å². The molecule has 0 bridgehead atoms. The number of carbonyl (C=O) groups is 3. The molecule has 1 heterocycles. The maximum absolute atomic E-state index is 11.7. The minimum Gasteiger partial charge on any atom is -0.466 e. The van der Waals surface area contributed by atoms with Gasteiger partial charge in [0.1, 0.15) is 5.60 Å². The summed E-state index contributed by atoms with van der Waals surface area (Å²) in [5.74, 6) is 2.77. The van der Waals surface area contributed by atoms with Crippen molar-refractivity contribution in [1.29, 1.82) is 0 Å². The first-order valence-electron chi connectivity index (χ1n) is 8.84. The van der Waals surface area contributed by atoms with E-state index in [0.29, 0.717) is 13.0 Å². The lowest BCUT2D eigenvalue weighted by atomic mass is 10.0. The molecule has 1 aliphatic heterocycles. The van der Waals surface area contributed by atoms with E-state index in [4.69, 9.17) is 17.6 Å². The number of hydrogen-bond acceptors (Lipinski definition) is 7. The van der Waals surface area contributed by atoms with E-state index < -0.39 is 28.9 Å². The van der Waals surface area contributed by atoms with Gasteiger partial charge in [-0.1, -0.05) is 11.8 Å². The molecule has 0 spiro atoms. The van der Waals surface area contributed by atoms with Crippen molar-refractivity contribution in [2.45, 2.75) is 50.4 Å². The Hall–Kier alpha value is -2.75. The number of methoxy groups -OCH3 is 1. The number of likely N-dealkylation sites (N-methyl/N-ethyl adjacent to an activating group) is 1. The highest BCUT2D eigenvalue weighted by atomic mass is 16.6. The lowest BCUT2D eigenvalue weighted by Crippen LogP contribution is -2.43. The van der Waals surface area contributed by atoms with Gasteiger partial charge < -0.3 is 29.5 Å². The molecule has 2 amide bonds. The van der Waals surface area contributed by atoms with Gasteiger partial charge in [0.2, 0.25) is 11.2 Å². The Balaban J connectivity index is 0.000000651. The van der Waals surface area contributed by atoms with Crippen LogP contribution in [0, 0.1) is 24.7 Å². The Kier molecular flexibility index (Phi) is 9.19. The first kappa shape index (κ1) is 26.2. The van der Waals surface area contributed by atoms with Crippen LogP contribution in [0.3, 0.4) is 0 Å². The number of aliphatic hydroxyl groups is 2. The zero-order valence-corrected chi connectivity index (χ0v) is 17.8. The quantitative estimate of drug-likeness (QED) is 0.495. The topological polar surface area (TPSA) is 117 Å². The summed E-state index contributed by atoms with van der Waals surface area (Å²) < 4.78 is 9.54. The highest BCUT2D eigenvalue weighted by molar-refractivity contribution is 5.90. The third-order valence-electron chi connectivity index (χ3n) is 4.02. The highest BCUT2D eigenvalue weighted by Gasteiger charge is 2.41. The molecular weight excluding hydrogens is 380 g/mol. The van der Waals surface area contributed by atoms with Crippen LogP contribution in [-0.2, 0) is 19.1 Å². The van der Waals surface area contributed by atoms with Gasteiger partial charge in [0.25, 0.3) is 5.91 Å². The number of carbonyl (C=O) groups excluding carboxylic acids is 3. The molecule has 1 rings (SSSR count). The summed E-state index contributed by atoms with van der Waals surface area (Å²) in [6.45, 7) is 5.82. The van der Waals surface area contributed by atoms with Crippen molar-refractivity contribution in [2.24, 2.45) is 0 Å². The number of terminal acetylenes is 2. The van der Waals surface area contributed by atoms with Gasteiger partial charge in [0.05, 0.1) is 7.11 Å². The van der Waals surface area contributed by atoms with E-state index in [-0.39, 0.29) is 18.9 Å². The maximum atomic E-state index is 11.7. The maximum Gasteiger partial charge on any atom is 0.410 e. The van der Waals surface area contributed by atoms with E-state index in [1.54, 1.807) is 27.8 Å². The minimum absolute atomic E-state index is 0.0602.